The van der Waals surface area contributed by atoms with Gasteiger partial charge in [-0.3, -0.25) is 4.79 Å². The van der Waals surface area contributed by atoms with Gasteiger partial charge in [-0.15, -0.1) is 13.2 Å². The molecule has 2 aromatic rings. The molecule has 20 heavy (non-hydrogen) atoms. The van der Waals surface area contributed by atoms with Crippen LogP contribution in [0.3, 0.4) is 0 Å². The number of halogens is 3. The largest absolute Gasteiger partial charge is 0.491 e. The first-order chi connectivity index (χ1) is 9.39. The quantitative estimate of drug-likeness (QED) is 0.861. The number of nitrogens with two attached hydrogens (primary N) is 1. The summed E-state index contributed by atoms with van der Waals surface area (Å²) in [6.45, 7) is 0. The van der Waals surface area contributed by atoms with Gasteiger partial charge in [0.05, 0.1) is 5.69 Å². The van der Waals surface area contributed by atoms with Crippen molar-refractivity contribution in [3.05, 3.63) is 54.2 Å². The number of anilines is 2. The summed E-state index contributed by atoms with van der Waals surface area (Å²) in [6, 6.07) is 9.09. The molecule has 2 N–H and O–H groups in total. The maximum absolute atomic E-state index is 13.1. The van der Waals surface area contributed by atoms with Crippen LogP contribution in [0.5, 0.6) is 0 Å². The first kappa shape index (κ1) is 13.9. The van der Waals surface area contributed by atoms with Crippen molar-refractivity contribution in [2.75, 3.05) is 10.6 Å². The molecule has 1 aromatic carbocycles. The highest BCUT2D eigenvalue weighted by Gasteiger charge is 2.42. The topological polar surface area (TPSA) is 59.2 Å². The van der Waals surface area contributed by atoms with Crippen molar-refractivity contribution in [2.24, 2.45) is 0 Å². The van der Waals surface area contributed by atoms with Crippen LogP contribution in [0.4, 0.5) is 24.7 Å². The lowest BCUT2D eigenvalue weighted by atomic mass is 10.2. The maximum atomic E-state index is 13.1. The molecule has 4 nitrogen and oxygen atoms in total. The third-order valence-corrected chi connectivity index (χ3v) is 2.50. The molecule has 1 heterocycles. The Bertz CT molecular complexity index is 614. The fraction of sp³-hybridized carbons (Fsp3) is 0.0769. The van der Waals surface area contributed by atoms with E-state index in [1.807, 2.05) is 0 Å². The molecule has 0 bridgehead atoms. The number of nitrogen functional groups attached to an aromatic ring is 1. The molecule has 7 heteroatoms. The van der Waals surface area contributed by atoms with E-state index in [4.69, 9.17) is 5.73 Å². The molecular formula is C13H10F3N3O. The number of pyridine rings is 1. The summed E-state index contributed by atoms with van der Waals surface area (Å²) in [5.41, 5.74) is 4.94. The van der Waals surface area contributed by atoms with E-state index in [1.165, 1.54) is 36.5 Å². The molecule has 0 aliphatic heterocycles. The lowest BCUT2D eigenvalue weighted by Gasteiger charge is -2.25. The number of rotatable bonds is 2. The molecule has 0 unspecified atom stereocenters. The number of carbonyl (C=O) groups excluding carboxylic acids is 1. The first-order valence-electron chi connectivity index (χ1n) is 5.57. The normalized spacial score (nSPS) is 11.2. The van der Waals surface area contributed by atoms with Crippen molar-refractivity contribution in [1.82, 2.24) is 4.98 Å². The summed E-state index contributed by atoms with van der Waals surface area (Å²) in [5.74, 6) is -1.23. The summed E-state index contributed by atoms with van der Waals surface area (Å²) in [6.07, 6.45) is -3.65. The monoisotopic (exact) mass is 281 g/mol. The molecule has 0 saturated carbocycles. The van der Waals surface area contributed by atoms with Crippen LogP contribution in [0, 0.1) is 0 Å². The Morgan fingerprint density at radius 3 is 2.35 bits per heavy atom. The van der Waals surface area contributed by atoms with Gasteiger partial charge in [0.15, 0.2) is 0 Å². The number of hydrogen-bond donors (Lipinski definition) is 1. The number of para-hydroxylation sites is 1. The van der Waals surface area contributed by atoms with Crippen molar-refractivity contribution >= 4 is 17.4 Å². The summed E-state index contributed by atoms with van der Waals surface area (Å²) < 4.78 is 39.3. The molecule has 0 fully saturated rings. The SMILES string of the molecule is Nc1cc(C(=O)N(c2ccccc2)C(F)(F)F)ccn1. The van der Waals surface area contributed by atoms with Crippen LogP contribution < -0.4 is 10.6 Å². The van der Waals surface area contributed by atoms with Crippen LogP contribution in [0.2, 0.25) is 0 Å². The Hall–Kier alpha value is -2.57. The Morgan fingerprint density at radius 2 is 1.80 bits per heavy atom. The Morgan fingerprint density at radius 1 is 1.15 bits per heavy atom. The summed E-state index contributed by atoms with van der Waals surface area (Å²) in [7, 11) is 0. The Labute approximate surface area is 112 Å². The van der Waals surface area contributed by atoms with E-state index >= 15 is 0 Å². The third-order valence-electron chi connectivity index (χ3n) is 2.50. The number of nitrogens with zero attached hydrogens (tertiary/aromatic N) is 2. The second-order valence-electron chi connectivity index (χ2n) is 3.91. The van der Waals surface area contributed by atoms with E-state index in [0.717, 1.165) is 6.07 Å². The maximum Gasteiger partial charge on any atom is 0.491 e. The lowest BCUT2D eigenvalue weighted by molar-refractivity contribution is -0.122. The van der Waals surface area contributed by atoms with Crippen LogP contribution in [-0.2, 0) is 0 Å². The standard InChI is InChI=1S/C13H10F3N3O/c14-13(15,16)19(10-4-2-1-3-5-10)12(20)9-6-7-18-11(17)8-9/h1-8H,(H2,17,18). The molecule has 1 amide bonds. The third kappa shape index (κ3) is 2.87. The van der Waals surface area contributed by atoms with Gasteiger partial charge in [-0.2, -0.15) is 0 Å². The van der Waals surface area contributed by atoms with Gasteiger partial charge in [-0.25, -0.2) is 9.88 Å². The van der Waals surface area contributed by atoms with Gasteiger partial charge >= 0.3 is 6.30 Å². The highest BCUT2D eigenvalue weighted by Crippen LogP contribution is 2.30. The van der Waals surface area contributed by atoms with Gasteiger partial charge in [0.25, 0.3) is 5.91 Å². The Kier molecular flexibility index (Phi) is 3.60. The van der Waals surface area contributed by atoms with Gasteiger partial charge in [-0.1, -0.05) is 18.2 Å². The number of alkyl halides is 3. The van der Waals surface area contributed by atoms with Crippen molar-refractivity contribution in [1.29, 1.82) is 0 Å². The Balaban J connectivity index is 2.46. The predicted octanol–water partition coefficient (Wildman–Crippen LogP) is 2.83. The van der Waals surface area contributed by atoms with Crippen molar-refractivity contribution < 1.29 is 18.0 Å². The fourth-order valence-electron chi connectivity index (χ4n) is 1.67. The number of amides is 1. The molecule has 2 rings (SSSR count). The minimum atomic E-state index is -4.84. The minimum Gasteiger partial charge on any atom is -0.384 e. The average molecular weight is 281 g/mol. The highest BCUT2D eigenvalue weighted by molar-refractivity contribution is 6.06. The second-order valence-corrected chi connectivity index (χ2v) is 3.91. The second kappa shape index (κ2) is 5.20. The smallest absolute Gasteiger partial charge is 0.384 e. The van der Waals surface area contributed by atoms with E-state index < -0.39 is 12.2 Å². The van der Waals surface area contributed by atoms with Crippen molar-refractivity contribution in [3.8, 4) is 0 Å². The zero-order valence-corrected chi connectivity index (χ0v) is 10.1. The number of hydrogen-bond acceptors (Lipinski definition) is 3. The minimum absolute atomic E-state index is 0.0222. The van der Waals surface area contributed by atoms with Crippen LogP contribution in [0.1, 0.15) is 10.4 Å². The number of benzene rings is 1. The molecule has 0 spiro atoms. The van der Waals surface area contributed by atoms with Crippen molar-refractivity contribution in [3.63, 3.8) is 0 Å². The van der Waals surface area contributed by atoms with Gasteiger partial charge in [0.2, 0.25) is 0 Å². The fourth-order valence-corrected chi connectivity index (χ4v) is 1.67. The molecule has 104 valence electrons. The van der Waals surface area contributed by atoms with Crippen LogP contribution >= 0.6 is 0 Å². The molecule has 0 aliphatic carbocycles. The summed E-state index contributed by atoms with van der Waals surface area (Å²) in [4.78, 5) is 15.5. The average Bonchev–Trinajstić information content (AvgIpc) is 2.38. The first-order valence-corrected chi connectivity index (χ1v) is 5.57. The van der Waals surface area contributed by atoms with Crippen LogP contribution in [-0.4, -0.2) is 17.2 Å². The van der Waals surface area contributed by atoms with E-state index in [9.17, 15) is 18.0 Å². The van der Waals surface area contributed by atoms with E-state index in [1.54, 1.807) is 6.07 Å². The van der Waals surface area contributed by atoms with Crippen LogP contribution in [0.15, 0.2) is 48.7 Å². The highest BCUT2D eigenvalue weighted by atomic mass is 19.4. The number of carbonyl (C=O) groups is 1. The van der Waals surface area contributed by atoms with Gasteiger partial charge in [-0.05, 0) is 24.3 Å². The zero-order chi connectivity index (χ0) is 14.8. The van der Waals surface area contributed by atoms with Gasteiger partial charge < -0.3 is 5.73 Å². The van der Waals surface area contributed by atoms with Crippen LogP contribution in [0.25, 0.3) is 0 Å². The molecule has 0 saturated heterocycles. The molecule has 0 radical (unpaired) electrons. The van der Waals surface area contributed by atoms with E-state index in [0.29, 0.717) is 0 Å². The summed E-state index contributed by atoms with van der Waals surface area (Å²) in [5, 5.41) is 0. The lowest BCUT2D eigenvalue weighted by Crippen LogP contribution is -2.43. The molecular weight excluding hydrogens is 271 g/mol. The van der Waals surface area contributed by atoms with Crippen molar-refractivity contribution in [2.45, 2.75) is 6.30 Å². The summed E-state index contributed by atoms with van der Waals surface area (Å²) >= 11 is 0. The van der Waals surface area contributed by atoms with Gasteiger partial charge in [0.1, 0.15) is 5.82 Å². The van der Waals surface area contributed by atoms with E-state index in [2.05, 4.69) is 4.98 Å². The molecule has 0 aliphatic rings. The molecule has 1 aromatic heterocycles. The van der Waals surface area contributed by atoms with E-state index in [-0.39, 0.29) is 22.0 Å². The predicted molar refractivity (Wildman–Crippen MR) is 68.0 cm³/mol. The zero-order valence-electron chi connectivity index (χ0n) is 10.1. The van der Waals surface area contributed by atoms with Gasteiger partial charge in [0, 0.05) is 11.8 Å². The molecule has 0 atom stereocenters. The number of aromatic nitrogens is 1.